The second-order valence-electron chi connectivity index (χ2n) is 6.15. The standard InChI is InChI=1S/C13H27N3O2/c1-10(2)16-7-6-15(9-11(16)8-14)12(17)18-13(3,4)5/h10-11H,6-9,14H2,1-5H3. The third kappa shape index (κ3) is 4.14. The maximum absolute atomic E-state index is 12.0. The predicted octanol–water partition coefficient (Wildman–Crippen LogP) is 1.27. The number of carbonyl (C=O) groups is 1. The number of piperazine rings is 1. The second kappa shape index (κ2) is 5.89. The van der Waals surface area contributed by atoms with Gasteiger partial charge in [-0.25, -0.2) is 4.79 Å². The molecule has 1 aliphatic heterocycles. The Morgan fingerprint density at radius 2 is 2.00 bits per heavy atom. The third-order valence-corrected chi connectivity index (χ3v) is 3.12. The summed E-state index contributed by atoms with van der Waals surface area (Å²) in [6, 6.07) is 0.686. The van der Waals surface area contributed by atoms with E-state index in [0.29, 0.717) is 25.7 Å². The van der Waals surface area contributed by atoms with Gasteiger partial charge in [0, 0.05) is 38.3 Å². The lowest BCUT2D eigenvalue weighted by atomic mass is 10.1. The molecule has 1 rings (SSSR count). The van der Waals surface area contributed by atoms with Crippen LogP contribution < -0.4 is 5.73 Å². The summed E-state index contributed by atoms with van der Waals surface area (Å²) in [6.45, 7) is 12.8. The van der Waals surface area contributed by atoms with Crippen molar-refractivity contribution in [1.29, 1.82) is 0 Å². The van der Waals surface area contributed by atoms with Gasteiger partial charge in [0.15, 0.2) is 0 Å². The van der Waals surface area contributed by atoms with E-state index in [1.165, 1.54) is 0 Å². The highest BCUT2D eigenvalue weighted by atomic mass is 16.6. The van der Waals surface area contributed by atoms with E-state index in [2.05, 4.69) is 18.7 Å². The van der Waals surface area contributed by atoms with Gasteiger partial charge < -0.3 is 15.4 Å². The van der Waals surface area contributed by atoms with E-state index in [-0.39, 0.29) is 12.1 Å². The fraction of sp³-hybridized carbons (Fsp3) is 0.923. The van der Waals surface area contributed by atoms with Crippen LogP contribution in [0.1, 0.15) is 34.6 Å². The predicted molar refractivity (Wildman–Crippen MR) is 72.5 cm³/mol. The Hall–Kier alpha value is -0.810. The van der Waals surface area contributed by atoms with Gasteiger partial charge in [0.2, 0.25) is 0 Å². The first-order valence-electron chi connectivity index (χ1n) is 6.68. The summed E-state index contributed by atoms with van der Waals surface area (Å²) >= 11 is 0. The summed E-state index contributed by atoms with van der Waals surface area (Å²) in [5.41, 5.74) is 5.36. The van der Waals surface area contributed by atoms with Crippen molar-refractivity contribution >= 4 is 6.09 Å². The van der Waals surface area contributed by atoms with Crippen LogP contribution in [-0.4, -0.2) is 59.8 Å². The van der Waals surface area contributed by atoms with Crippen LogP contribution in [0.2, 0.25) is 0 Å². The Kier molecular flexibility index (Phi) is 4.99. The van der Waals surface area contributed by atoms with Crippen LogP contribution in [-0.2, 0) is 4.74 Å². The zero-order valence-electron chi connectivity index (χ0n) is 12.3. The monoisotopic (exact) mass is 257 g/mol. The van der Waals surface area contributed by atoms with Crippen molar-refractivity contribution in [2.45, 2.75) is 52.3 Å². The topological polar surface area (TPSA) is 58.8 Å². The first-order valence-corrected chi connectivity index (χ1v) is 6.68. The molecule has 1 amide bonds. The molecule has 0 saturated carbocycles. The molecule has 2 N–H and O–H groups in total. The van der Waals surface area contributed by atoms with Gasteiger partial charge in [-0.3, -0.25) is 4.90 Å². The van der Waals surface area contributed by atoms with Gasteiger partial charge in [0.1, 0.15) is 5.60 Å². The normalized spacial score (nSPS) is 22.4. The molecule has 18 heavy (non-hydrogen) atoms. The van der Waals surface area contributed by atoms with Gasteiger partial charge >= 0.3 is 6.09 Å². The van der Waals surface area contributed by atoms with Crippen molar-refractivity contribution in [1.82, 2.24) is 9.80 Å². The van der Waals surface area contributed by atoms with E-state index in [1.54, 1.807) is 4.90 Å². The molecule has 1 aliphatic rings. The molecule has 106 valence electrons. The van der Waals surface area contributed by atoms with Gasteiger partial charge in [-0.2, -0.15) is 0 Å². The number of nitrogens with zero attached hydrogens (tertiary/aromatic N) is 2. The quantitative estimate of drug-likeness (QED) is 0.809. The van der Waals surface area contributed by atoms with Crippen molar-refractivity contribution in [3.05, 3.63) is 0 Å². The second-order valence-corrected chi connectivity index (χ2v) is 6.15. The smallest absolute Gasteiger partial charge is 0.410 e. The third-order valence-electron chi connectivity index (χ3n) is 3.12. The van der Waals surface area contributed by atoms with Crippen molar-refractivity contribution < 1.29 is 9.53 Å². The van der Waals surface area contributed by atoms with E-state index in [4.69, 9.17) is 10.5 Å². The summed E-state index contributed by atoms with van der Waals surface area (Å²) in [7, 11) is 0. The minimum Gasteiger partial charge on any atom is -0.444 e. The van der Waals surface area contributed by atoms with Crippen LogP contribution in [0, 0.1) is 0 Å². The SMILES string of the molecule is CC(C)N1CCN(C(=O)OC(C)(C)C)CC1CN. The zero-order chi connectivity index (χ0) is 13.9. The average Bonchev–Trinajstić information content (AvgIpc) is 2.25. The lowest BCUT2D eigenvalue weighted by molar-refractivity contribution is -0.000443. The highest BCUT2D eigenvalue weighted by molar-refractivity contribution is 5.68. The largest absolute Gasteiger partial charge is 0.444 e. The van der Waals surface area contributed by atoms with Crippen molar-refractivity contribution in [2.24, 2.45) is 5.73 Å². The van der Waals surface area contributed by atoms with Crippen LogP contribution >= 0.6 is 0 Å². The molecule has 1 saturated heterocycles. The fourth-order valence-electron chi connectivity index (χ4n) is 2.25. The Balaban J connectivity index is 2.60. The fourth-order valence-corrected chi connectivity index (χ4v) is 2.25. The minimum atomic E-state index is -0.440. The lowest BCUT2D eigenvalue weighted by Crippen LogP contribution is -2.59. The molecule has 0 spiro atoms. The lowest BCUT2D eigenvalue weighted by Gasteiger charge is -2.43. The van der Waals surface area contributed by atoms with E-state index < -0.39 is 5.60 Å². The molecular formula is C13H27N3O2. The van der Waals surface area contributed by atoms with Gasteiger partial charge in [0.05, 0.1) is 0 Å². The molecule has 1 unspecified atom stereocenters. The molecule has 0 aromatic rings. The van der Waals surface area contributed by atoms with Crippen molar-refractivity contribution in [2.75, 3.05) is 26.2 Å². The average molecular weight is 257 g/mol. The number of amides is 1. The van der Waals surface area contributed by atoms with E-state index >= 15 is 0 Å². The molecule has 0 aliphatic carbocycles. The number of carbonyl (C=O) groups excluding carboxylic acids is 1. The number of nitrogens with two attached hydrogens (primary N) is 1. The molecule has 1 heterocycles. The first-order chi connectivity index (χ1) is 8.24. The molecule has 5 heteroatoms. The first kappa shape index (κ1) is 15.2. The summed E-state index contributed by atoms with van der Waals surface area (Å²) in [4.78, 5) is 16.1. The van der Waals surface area contributed by atoms with E-state index in [1.807, 2.05) is 20.8 Å². The summed E-state index contributed by atoms with van der Waals surface area (Å²) in [6.07, 6.45) is -0.232. The molecule has 0 aromatic heterocycles. The van der Waals surface area contributed by atoms with Crippen molar-refractivity contribution in [3.63, 3.8) is 0 Å². The molecule has 0 radical (unpaired) electrons. The zero-order valence-corrected chi connectivity index (χ0v) is 12.3. The van der Waals surface area contributed by atoms with Crippen LogP contribution in [0.15, 0.2) is 0 Å². The molecule has 1 atom stereocenters. The molecular weight excluding hydrogens is 230 g/mol. The summed E-state index contributed by atoms with van der Waals surface area (Å²) in [5.74, 6) is 0. The van der Waals surface area contributed by atoms with Crippen molar-refractivity contribution in [3.8, 4) is 0 Å². The molecule has 0 bridgehead atoms. The maximum Gasteiger partial charge on any atom is 0.410 e. The molecule has 0 aromatic carbocycles. The minimum absolute atomic E-state index is 0.228. The summed E-state index contributed by atoms with van der Waals surface area (Å²) < 4.78 is 5.39. The van der Waals surface area contributed by atoms with Crippen LogP contribution in [0.5, 0.6) is 0 Å². The number of hydrogen-bond acceptors (Lipinski definition) is 4. The van der Waals surface area contributed by atoms with Gasteiger partial charge in [-0.05, 0) is 34.6 Å². The number of hydrogen-bond donors (Lipinski definition) is 1. The number of rotatable bonds is 2. The van der Waals surface area contributed by atoms with Crippen LogP contribution in [0.3, 0.4) is 0 Å². The van der Waals surface area contributed by atoms with E-state index in [9.17, 15) is 4.79 Å². The van der Waals surface area contributed by atoms with Gasteiger partial charge in [-0.1, -0.05) is 0 Å². The summed E-state index contributed by atoms with van der Waals surface area (Å²) in [5, 5.41) is 0. The number of ether oxygens (including phenoxy) is 1. The van der Waals surface area contributed by atoms with E-state index in [0.717, 1.165) is 6.54 Å². The Morgan fingerprint density at radius 3 is 2.44 bits per heavy atom. The highest BCUT2D eigenvalue weighted by Gasteiger charge is 2.32. The molecule has 5 nitrogen and oxygen atoms in total. The van der Waals surface area contributed by atoms with Crippen LogP contribution in [0.4, 0.5) is 4.79 Å². The molecule has 1 fully saturated rings. The highest BCUT2D eigenvalue weighted by Crippen LogP contribution is 2.16. The Bertz CT molecular complexity index is 286. The maximum atomic E-state index is 12.0. The van der Waals surface area contributed by atoms with Gasteiger partial charge in [0.25, 0.3) is 0 Å². The van der Waals surface area contributed by atoms with Crippen LogP contribution in [0.25, 0.3) is 0 Å². The van der Waals surface area contributed by atoms with Gasteiger partial charge in [-0.15, -0.1) is 0 Å². The Labute approximate surface area is 110 Å². The Morgan fingerprint density at radius 1 is 1.39 bits per heavy atom.